The number of benzene rings is 4. The van der Waals surface area contributed by atoms with E-state index in [-0.39, 0.29) is 43.8 Å². The van der Waals surface area contributed by atoms with E-state index in [4.69, 9.17) is 28.4 Å². The van der Waals surface area contributed by atoms with Crippen LogP contribution in [-0.2, 0) is 48.8 Å². The van der Waals surface area contributed by atoms with Crippen molar-refractivity contribution in [2.45, 2.75) is 216 Å². The maximum absolute atomic E-state index is 13.5. The zero-order chi connectivity index (χ0) is 87.3. The van der Waals surface area contributed by atoms with E-state index < -0.39 is 58.3 Å². The van der Waals surface area contributed by atoms with Crippen LogP contribution in [0.1, 0.15) is 161 Å². The molecule has 13 rings (SSSR count). The largest absolute Gasteiger partial charge is 0.492 e. The Morgan fingerprint density at radius 1 is 0.378 bits per heavy atom. The van der Waals surface area contributed by atoms with Crippen molar-refractivity contribution < 1.29 is 62.1 Å². The first kappa shape index (κ1) is 90.5. The summed E-state index contributed by atoms with van der Waals surface area (Å²) in [5.41, 5.74) is 9.87. The van der Waals surface area contributed by atoms with Crippen LogP contribution >= 0.6 is 0 Å². The molecule has 4 aromatic carbocycles. The summed E-state index contributed by atoms with van der Waals surface area (Å²) in [6.07, 6.45) is 8.30. The first-order valence-electron chi connectivity index (χ1n) is 38.7. The molecule has 9 heterocycles. The van der Waals surface area contributed by atoms with Crippen molar-refractivity contribution in [3.63, 3.8) is 0 Å². The molecule has 1 aliphatic heterocycles. The first-order chi connectivity index (χ1) is 55.7. The molecule has 640 valence electrons. The number of aryl methyl sites for hydroxylation is 4. The van der Waals surface area contributed by atoms with Crippen molar-refractivity contribution in [1.29, 1.82) is 0 Å². The van der Waals surface area contributed by atoms with Gasteiger partial charge in [-0.3, -0.25) is 20.4 Å². The second-order valence-corrected chi connectivity index (χ2v) is 43.2. The van der Waals surface area contributed by atoms with E-state index in [0.717, 1.165) is 64.3 Å². The Bertz CT molecular complexity index is 6180. The summed E-state index contributed by atoms with van der Waals surface area (Å²) in [7, 11) is -13.2. The minimum absolute atomic E-state index is 0.0376. The van der Waals surface area contributed by atoms with Gasteiger partial charge in [0, 0.05) is 105 Å². The van der Waals surface area contributed by atoms with E-state index >= 15 is 0 Å². The minimum Gasteiger partial charge on any atom is -0.492 e. The fourth-order valence-electron chi connectivity index (χ4n) is 11.7. The van der Waals surface area contributed by atoms with Crippen LogP contribution in [0.4, 0.5) is 46.5 Å². The van der Waals surface area contributed by atoms with E-state index in [1.54, 1.807) is 139 Å². The van der Waals surface area contributed by atoms with Gasteiger partial charge >= 0.3 is 0 Å². The van der Waals surface area contributed by atoms with Crippen molar-refractivity contribution in [2.75, 3.05) is 68.0 Å². The lowest BCUT2D eigenvalue weighted by molar-refractivity contribution is 0.0669. The highest BCUT2D eigenvalue weighted by molar-refractivity contribution is 7.93. The van der Waals surface area contributed by atoms with Crippen molar-refractivity contribution in [3.8, 4) is 23.0 Å². The SMILES string of the molecule is CCCOc1cc2ncnc(Nc3n[nH]c(C)c3C)c2cc1S(=O)(=O)C(C)(C)C.CCOc1cc2ncnc(Nc3n[nH]c(C)c3C)c2cc1S(=O)(=O)C(C)(C)C.COCCOc1cc2ncnc(Nc3n[nH]c(C)c3C)c2cc1S(=O)(=O)C(C)(C)C.Cc1[nH]nc(Nc2ncnc3cc(OCC4CCCO4)c(S(=O)(=O)C(C)(C)C)cc23)c1C. The molecule has 0 aliphatic carbocycles. The maximum atomic E-state index is 13.5. The summed E-state index contributed by atoms with van der Waals surface area (Å²) in [4.78, 5) is 35.0. The number of aromatic nitrogens is 16. The van der Waals surface area contributed by atoms with Crippen LogP contribution in [0.3, 0.4) is 0 Å². The molecule has 8 aromatic heterocycles. The first-order valence-corrected chi connectivity index (χ1v) is 44.6. The lowest BCUT2D eigenvalue weighted by Crippen LogP contribution is -2.29. The van der Waals surface area contributed by atoms with Crippen molar-refractivity contribution in [1.82, 2.24) is 80.7 Å². The van der Waals surface area contributed by atoms with Gasteiger partial charge in [0.15, 0.2) is 62.6 Å². The highest BCUT2D eigenvalue weighted by atomic mass is 32.2. The lowest BCUT2D eigenvalue weighted by atomic mass is 10.2. The quantitative estimate of drug-likeness (QED) is 0.0260. The zero-order valence-electron chi connectivity index (χ0n) is 71.6. The molecular weight excluding hydrogens is 1610 g/mol. The number of rotatable bonds is 24. The van der Waals surface area contributed by atoms with Gasteiger partial charge < -0.3 is 49.7 Å². The van der Waals surface area contributed by atoms with E-state index in [0.29, 0.717) is 135 Å². The standard InChI is InChI=1S/C22H29N5O4S.C20H27N5O4S.C20H27N5O3S.C19H25N5O3S/c1-13-14(2)26-27-20(13)25-21-16-9-19(32(28,29)22(3,4)5)18(10-17(16)23-12-24-21)31-11-15-7-6-8-30-15;1-12-13(2)24-25-18(12)23-19-14-9-17(30(26,27)20(3,4)5)16(29-8-7-28-6)10-15(14)21-11-22-19;1-7-8-28-16-10-15-14(9-17(16)29(26,27)20(4,5)6)19(22-11-21-15)23-18-12(2)13(3)24-25-18;1-7-27-15-9-14-13(8-16(15)28(25,26)19(4,5)6)18(21-10-20-14)22-17-11(2)12(3)23-24-17/h9-10,12,15H,6-8,11H2,1-5H3,(H2,23,24,25,26,27);9-11H,7-8H2,1-6H3,(H2,21,22,23,24,25);9-11H,7-8H2,1-6H3,(H2,21,22,23,24,25);8-10H,7H2,1-6H3,(H2,20,21,22,23,24). The average Bonchev–Trinajstić information content (AvgIpc) is 1.37. The molecule has 1 aliphatic rings. The summed E-state index contributed by atoms with van der Waals surface area (Å²) in [6, 6.07) is 12.9. The van der Waals surface area contributed by atoms with Crippen LogP contribution < -0.4 is 40.2 Å². The Kier molecular flexibility index (Phi) is 27.4. The van der Waals surface area contributed by atoms with Gasteiger partial charge in [-0.25, -0.2) is 73.5 Å². The van der Waals surface area contributed by atoms with Crippen LogP contribution in [0.5, 0.6) is 23.0 Å². The molecule has 12 aromatic rings. The van der Waals surface area contributed by atoms with Crippen molar-refractivity contribution in [2.24, 2.45) is 0 Å². The highest BCUT2D eigenvalue weighted by Crippen LogP contribution is 2.43. The molecule has 0 amide bonds. The fourth-order valence-corrected chi connectivity index (χ4v) is 17.0. The third-order valence-electron chi connectivity index (χ3n) is 19.9. The Morgan fingerprint density at radius 3 is 0.891 bits per heavy atom. The number of methoxy groups -OCH3 is 1. The molecule has 34 nitrogen and oxygen atoms in total. The van der Waals surface area contributed by atoms with Crippen LogP contribution in [0.15, 0.2) is 93.4 Å². The topological polar surface area (TPSA) is 458 Å². The number of nitrogens with zero attached hydrogens (tertiary/aromatic N) is 12. The predicted octanol–water partition coefficient (Wildman–Crippen LogP) is 14.9. The monoisotopic (exact) mass is 1710 g/mol. The van der Waals surface area contributed by atoms with Gasteiger partial charge in [0.25, 0.3) is 0 Å². The number of fused-ring (bicyclic) bond motifs is 4. The summed E-state index contributed by atoms with van der Waals surface area (Å²) in [6.45, 7) is 41.5. The number of H-pyrrole nitrogens is 4. The highest BCUT2D eigenvalue weighted by Gasteiger charge is 2.39. The third-order valence-corrected chi connectivity index (χ3v) is 29.9. The summed E-state index contributed by atoms with van der Waals surface area (Å²) in [5.74, 6) is 5.53. The van der Waals surface area contributed by atoms with Gasteiger partial charge in [0.1, 0.15) is 104 Å². The molecule has 0 bridgehead atoms. The molecule has 0 radical (unpaired) electrons. The lowest BCUT2D eigenvalue weighted by Gasteiger charge is -2.23. The van der Waals surface area contributed by atoms with Crippen LogP contribution in [0.2, 0.25) is 0 Å². The minimum atomic E-state index is -3.71. The van der Waals surface area contributed by atoms with Gasteiger partial charge in [0.05, 0.1) is 67.0 Å². The molecule has 1 saturated heterocycles. The van der Waals surface area contributed by atoms with E-state index in [1.165, 1.54) is 25.3 Å². The second-order valence-electron chi connectivity index (χ2n) is 32.5. The van der Waals surface area contributed by atoms with Crippen molar-refractivity contribution >= 4 is 130 Å². The zero-order valence-corrected chi connectivity index (χ0v) is 74.9. The Labute approximate surface area is 694 Å². The van der Waals surface area contributed by atoms with E-state index in [2.05, 4.69) is 102 Å². The molecule has 8 N–H and O–H groups in total. The molecule has 38 heteroatoms. The predicted molar refractivity (Wildman–Crippen MR) is 460 cm³/mol. The van der Waals surface area contributed by atoms with Gasteiger partial charge in [0.2, 0.25) is 0 Å². The normalized spacial score (nSPS) is 13.6. The summed E-state index contributed by atoms with van der Waals surface area (Å²) in [5, 5.41) is 43.7. The molecule has 0 saturated carbocycles. The van der Waals surface area contributed by atoms with Crippen LogP contribution in [0, 0.1) is 55.4 Å². The van der Waals surface area contributed by atoms with Gasteiger partial charge in [-0.15, -0.1) is 0 Å². The molecule has 1 fully saturated rings. The summed E-state index contributed by atoms with van der Waals surface area (Å²) >= 11 is 0. The third kappa shape index (κ3) is 19.7. The number of nitrogens with one attached hydrogen (secondary N) is 8. The number of sulfone groups is 4. The molecule has 1 unspecified atom stereocenters. The van der Waals surface area contributed by atoms with E-state index in [9.17, 15) is 33.7 Å². The average molecular weight is 1710 g/mol. The summed E-state index contributed by atoms with van der Waals surface area (Å²) < 4.78 is 136. The molecule has 0 spiro atoms. The van der Waals surface area contributed by atoms with Crippen LogP contribution in [0.25, 0.3) is 43.6 Å². The number of aromatic amines is 4. The second kappa shape index (κ2) is 36.0. The van der Waals surface area contributed by atoms with Gasteiger partial charge in [-0.2, -0.15) is 20.4 Å². The smallest absolute Gasteiger partial charge is 0.186 e. The Morgan fingerprint density at radius 2 is 0.655 bits per heavy atom. The van der Waals surface area contributed by atoms with Gasteiger partial charge in [-0.05, 0) is 189 Å². The van der Waals surface area contributed by atoms with Gasteiger partial charge in [-0.1, -0.05) is 6.92 Å². The molecular formula is C81H108N20O14S4. The fraction of sp³-hybridized carbons (Fsp3) is 0.457. The van der Waals surface area contributed by atoms with Crippen molar-refractivity contribution in [3.05, 3.63) is 119 Å². The Balaban J connectivity index is 0.000000167. The van der Waals surface area contributed by atoms with Crippen LogP contribution in [-0.4, -0.2) is 186 Å². The number of hydrogen-bond acceptors (Lipinski definition) is 30. The van der Waals surface area contributed by atoms with E-state index in [1.807, 2.05) is 69.2 Å². The molecule has 1 atom stereocenters. The number of ether oxygens (including phenoxy) is 6. The molecule has 119 heavy (non-hydrogen) atoms. The number of hydrogen-bond donors (Lipinski definition) is 8. The Hall–Kier alpha value is -10.8. The number of anilines is 8. The maximum Gasteiger partial charge on any atom is 0.186 e.